The number of halogens is 1. The summed E-state index contributed by atoms with van der Waals surface area (Å²) in [5.74, 6) is 0.503. The van der Waals surface area contributed by atoms with E-state index in [2.05, 4.69) is 0 Å². The Hall–Kier alpha value is -1.84. The van der Waals surface area contributed by atoms with Crippen LogP contribution in [0.15, 0.2) is 42.5 Å². The van der Waals surface area contributed by atoms with Crippen LogP contribution in [0.4, 0.5) is 0 Å². The third-order valence-corrected chi connectivity index (χ3v) is 3.14. The van der Waals surface area contributed by atoms with Crippen molar-refractivity contribution >= 4 is 18.4 Å². The number of fused-ring (bicyclic) bond motifs is 1. The molecule has 0 spiro atoms. The van der Waals surface area contributed by atoms with E-state index >= 15 is 0 Å². The van der Waals surface area contributed by atoms with Gasteiger partial charge in [0.2, 0.25) is 0 Å². The van der Waals surface area contributed by atoms with Crippen LogP contribution in [0, 0.1) is 0 Å². The first-order valence-corrected chi connectivity index (χ1v) is 5.89. The van der Waals surface area contributed by atoms with Crippen molar-refractivity contribution in [3.05, 3.63) is 53.6 Å². The van der Waals surface area contributed by atoms with E-state index in [1.54, 1.807) is 0 Å². The first-order chi connectivity index (χ1) is 8.76. The highest BCUT2D eigenvalue weighted by Crippen LogP contribution is 2.30. The lowest BCUT2D eigenvalue weighted by Gasteiger charge is -2.05. The molecular weight excluding hydrogens is 262 g/mol. The van der Waals surface area contributed by atoms with Gasteiger partial charge in [-0.1, -0.05) is 30.3 Å². The fraction of sp³-hybridized carbons (Fsp3) is 0.133. The van der Waals surface area contributed by atoms with Gasteiger partial charge in [-0.05, 0) is 28.8 Å². The van der Waals surface area contributed by atoms with Gasteiger partial charge >= 0.3 is 5.97 Å². The number of esters is 1. The number of hydrogen-bond acceptors (Lipinski definition) is 3. The van der Waals surface area contributed by atoms with Crippen LogP contribution >= 0.6 is 12.4 Å². The molecule has 0 saturated heterocycles. The molecule has 3 nitrogen and oxygen atoms in total. The van der Waals surface area contributed by atoms with Crippen LogP contribution < -0.4 is 10.5 Å². The third-order valence-electron chi connectivity index (χ3n) is 3.14. The molecule has 0 amide bonds. The molecule has 0 unspecified atom stereocenters. The Morgan fingerprint density at radius 2 is 1.74 bits per heavy atom. The lowest BCUT2D eigenvalue weighted by Crippen LogP contribution is -2.00. The molecule has 0 radical (unpaired) electrons. The van der Waals surface area contributed by atoms with Gasteiger partial charge in [-0.15, -0.1) is 12.4 Å². The van der Waals surface area contributed by atoms with Crippen LogP contribution in [-0.4, -0.2) is 5.97 Å². The standard InChI is InChI=1S/C15H13NO2.ClH/c16-9-10-1-3-11(4-2-10)12-5-6-14-13(7-12)8-15(17)18-14;/h1-7H,8-9,16H2;1H. The molecule has 1 aliphatic rings. The smallest absolute Gasteiger partial charge is 0.315 e. The molecule has 2 aromatic carbocycles. The summed E-state index contributed by atoms with van der Waals surface area (Å²) in [4.78, 5) is 11.2. The minimum absolute atomic E-state index is 0. The van der Waals surface area contributed by atoms with Gasteiger partial charge in [-0.3, -0.25) is 4.79 Å². The maximum atomic E-state index is 11.2. The molecule has 0 aliphatic carbocycles. The number of carbonyl (C=O) groups excluding carboxylic acids is 1. The van der Waals surface area contributed by atoms with Gasteiger partial charge in [-0.2, -0.15) is 0 Å². The first-order valence-electron chi connectivity index (χ1n) is 5.89. The molecule has 2 N–H and O–H groups in total. The number of carbonyl (C=O) groups is 1. The average Bonchev–Trinajstić information content (AvgIpc) is 2.78. The van der Waals surface area contributed by atoms with Crippen molar-refractivity contribution < 1.29 is 9.53 Å². The second-order valence-corrected chi connectivity index (χ2v) is 4.37. The Morgan fingerprint density at radius 3 is 2.42 bits per heavy atom. The van der Waals surface area contributed by atoms with Crippen LogP contribution in [0.1, 0.15) is 11.1 Å². The van der Waals surface area contributed by atoms with Crippen LogP contribution in [0.3, 0.4) is 0 Å². The zero-order valence-electron chi connectivity index (χ0n) is 10.3. The first kappa shape index (κ1) is 13.6. The highest BCUT2D eigenvalue weighted by Gasteiger charge is 2.20. The predicted molar refractivity (Wildman–Crippen MR) is 76.4 cm³/mol. The number of benzene rings is 2. The quantitative estimate of drug-likeness (QED) is 0.677. The molecule has 0 saturated carbocycles. The van der Waals surface area contributed by atoms with Gasteiger partial charge in [0, 0.05) is 12.1 Å². The van der Waals surface area contributed by atoms with Gasteiger partial charge in [0.15, 0.2) is 0 Å². The summed E-state index contributed by atoms with van der Waals surface area (Å²) in [5, 5.41) is 0. The summed E-state index contributed by atoms with van der Waals surface area (Å²) in [7, 11) is 0. The molecule has 4 heteroatoms. The topological polar surface area (TPSA) is 52.3 Å². The normalized spacial score (nSPS) is 12.6. The van der Waals surface area contributed by atoms with E-state index in [0.717, 1.165) is 22.3 Å². The second-order valence-electron chi connectivity index (χ2n) is 4.37. The van der Waals surface area contributed by atoms with Gasteiger partial charge in [0.1, 0.15) is 5.75 Å². The molecule has 0 bridgehead atoms. The van der Waals surface area contributed by atoms with Crippen LogP contribution in [0.25, 0.3) is 11.1 Å². The molecule has 98 valence electrons. The molecule has 1 heterocycles. The van der Waals surface area contributed by atoms with Crippen molar-refractivity contribution in [2.75, 3.05) is 0 Å². The summed E-state index contributed by atoms with van der Waals surface area (Å²) in [6, 6.07) is 14.0. The Labute approximate surface area is 117 Å². The fourth-order valence-electron chi connectivity index (χ4n) is 2.14. The third kappa shape index (κ3) is 2.62. The summed E-state index contributed by atoms with van der Waals surface area (Å²) >= 11 is 0. The largest absolute Gasteiger partial charge is 0.426 e. The highest BCUT2D eigenvalue weighted by molar-refractivity contribution is 5.85. The van der Waals surface area contributed by atoms with Crippen molar-refractivity contribution in [1.29, 1.82) is 0 Å². The Bertz CT molecular complexity index is 608. The van der Waals surface area contributed by atoms with E-state index in [9.17, 15) is 4.79 Å². The lowest BCUT2D eigenvalue weighted by atomic mass is 10.0. The van der Waals surface area contributed by atoms with Crippen molar-refractivity contribution in [1.82, 2.24) is 0 Å². The predicted octanol–water partition coefficient (Wildman–Crippen LogP) is 2.70. The molecule has 0 aromatic heterocycles. The Kier molecular flexibility index (Phi) is 3.88. The van der Waals surface area contributed by atoms with Gasteiger partial charge in [0.25, 0.3) is 0 Å². The van der Waals surface area contributed by atoms with Crippen LogP contribution in [-0.2, 0) is 17.8 Å². The number of nitrogens with two attached hydrogens (primary N) is 1. The molecule has 19 heavy (non-hydrogen) atoms. The summed E-state index contributed by atoms with van der Waals surface area (Å²) in [5.41, 5.74) is 9.85. The summed E-state index contributed by atoms with van der Waals surface area (Å²) < 4.78 is 5.08. The summed E-state index contributed by atoms with van der Waals surface area (Å²) in [6.07, 6.45) is 0.365. The fourth-order valence-corrected chi connectivity index (χ4v) is 2.14. The second kappa shape index (κ2) is 5.43. The summed E-state index contributed by atoms with van der Waals surface area (Å²) in [6.45, 7) is 0.548. The lowest BCUT2D eigenvalue weighted by molar-refractivity contribution is -0.131. The van der Waals surface area contributed by atoms with E-state index in [4.69, 9.17) is 10.5 Å². The van der Waals surface area contributed by atoms with Crippen molar-refractivity contribution in [3.63, 3.8) is 0 Å². The zero-order valence-corrected chi connectivity index (χ0v) is 11.1. The molecule has 3 rings (SSSR count). The van der Waals surface area contributed by atoms with Gasteiger partial charge < -0.3 is 10.5 Å². The molecule has 2 aromatic rings. The van der Waals surface area contributed by atoms with Crippen molar-refractivity contribution in [2.24, 2.45) is 5.73 Å². The Balaban J connectivity index is 0.00000133. The molecule has 1 aliphatic heterocycles. The number of hydrogen-bond donors (Lipinski definition) is 1. The van der Waals surface area contributed by atoms with E-state index in [-0.39, 0.29) is 18.4 Å². The molecular formula is C15H14ClNO2. The Morgan fingerprint density at radius 1 is 1.05 bits per heavy atom. The van der Waals surface area contributed by atoms with E-state index in [1.165, 1.54) is 0 Å². The van der Waals surface area contributed by atoms with Crippen molar-refractivity contribution in [2.45, 2.75) is 13.0 Å². The van der Waals surface area contributed by atoms with E-state index in [1.807, 2.05) is 42.5 Å². The van der Waals surface area contributed by atoms with E-state index < -0.39 is 0 Å². The van der Waals surface area contributed by atoms with Gasteiger partial charge in [0.05, 0.1) is 6.42 Å². The highest BCUT2D eigenvalue weighted by atomic mass is 35.5. The minimum Gasteiger partial charge on any atom is -0.426 e. The maximum absolute atomic E-state index is 11.2. The van der Waals surface area contributed by atoms with Crippen molar-refractivity contribution in [3.8, 4) is 16.9 Å². The average molecular weight is 276 g/mol. The number of ether oxygens (including phenoxy) is 1. The van der Waals surface area contributed by atoms with Gasteiger partial charge in [-0.25, -0.2) is 0 Å². The SMILES string of the molecule is Cl.NCc1ccc(-c2ccc3c(c2)CC(=O)O3)cc1. The monoisotopic (exact) mass is 275 g/mol. The van der Waals surface area contributed by atoms with Crippen LogP contribution in [0.2, 0.25) is 0 Å². The van der Waals surface area contributed by atoms with Crippen LogP contribution in [0.5, 0.6) is 5.75 Å². The van der Waals surface area contributed by atoms with E-state index in [0.29, 0.717) is 18.7 Å². The number of rotatable bonds is 2. The molecule has 0 atom stereocenters. The molecule has 0 fully saturated rings. The minimum atomic E-state index is -0.180. The zero-order chi connectivity index (χ0) is 12.5. The maximum Gasteiger partial charge on any atom is 0.315 e.